The van der Waals surface area contributed by atoms with Crippen LogP contribution in [-0.2, 0) is 10.0 Å². The molecule has 1 aromatic rings. The Kier molecular flexibility index (Phi) is 4.14. The van der Waals surface area contributed by atoms with Crippen molar-refractivity contribution in [2.75, 3.05) is 0 Å². The minimum absolute atomic E-state index is 0.00991. The quantitative estimate of drug-likeness (QED) is 0.865. The molecule has 1 fully saturated rings. The molecule has 2 unspecified atom stereocenters. The molecule has 1 aliphatic carbocycles. The highest BCUT2D eigenvalue weighted by Crippen LogP contribution is 2.27. The first-order valence-corrected chi connectivity index (χ1v) is 8.54. The Bertz CT molecular complexity index is 542. The lowest BCUT2D eigenvalue weighted by Gasteiger charge is -2.17. The van der Waals surface area contributed by atoms with Crippen molar-refractivity contribution in [3.8, 4) is 0 Å². The molecule has 18 heavy (non-hydrogen) atoms. The van der Waals surface area contributed by atoms with Crippen molar-refractivity contribution in [2.45, 2.75) is 48.9 Å². The van der Waals surface area contributed by atoms with Gasteiger partial charge in [0.2, 0.25) is 10.0 Å². The highest BCUT2D eigenvalue weighted by Gasteiger charge is 2.30. The summed E-state index contributed by atoms with van der Waals surface area (Å²) in [7, 11) is -3.40. The lowest BCUT2D eigenvalue weighted by atomic mass is 10.2. The molecule has 0 bridgehead atoms. The average molecular weight is 332 g/mol. The summed E-state index contributed by atoms with van der Waals surface area (Å²) in [5.74, 6) is 0. The minimum atomic E-state index is -3.40. The van der Waals surface area contributed by atoms with Crippen LogP contribution in [-0.4, -0.2) is 19.3 Å². The number of nitrogens with one attached hydrogen (secondary N) is 1. The summed E-state index contributed by atoms with van der Waals surface area (Å²) in [5.41, 5.74) is 1.87. The fourth-order valence-corrected chi connectivity index (χ4v) is 4.84. The van der Waals surface area contributed by atoms with Gasteiger partial charge < -0.3 is 0 Å². The third-order valence-electron chi connectivity index (χ3n) is 3.36. The van der Waals surface area contributed by atoms with Crippen molar-refractivity contribution in [2.24, 2.45) is 0 Å². The fourth-order valence-electron chi connectivity index (χ4n) is 2.41. The number of aryl methyl sites for hydroxylation is 2. The van der Waals surface area contributed by atoms with E-state index in [1.54, 1.807) is 6.07 Å². The van der Waals surface area contributed by atoms with E-state index in [9.17, 15) is 8.42 Å². The van der Waals surface area contributed by atoms with E-state index >= 15 is 0 Å². The molecule has 0 saturated heterocycles. The maximum atomic E-state index is 12.3. The van der Waals surface area contributed by atoms with Gasteiger partial charge in [-0.05, 0) is 38.3 Å². The normalized spacial score (nSPS) is 24.4. The topological polar surface area (TPSA) is 46.2 Å². The van der Waals surface area contributed by atoms with Crippen LogP contribution in [0.4, 0.5) is 0 Å². The van der Waals surface area contributed by atoms with E-state index in [-0.39, 0.29) is 10.9 Å². The third-order valence-corrected chi connectivity index (χ3v) is 6.10. The van der Waals surface area contributed by atoms with Crippen molar-refractivity contribution in [3.63, 3.8) is 0 Å². The minimum Gasteiger partial charge on any atom is -0.207 e. The Morgan fingerprint density at radius 3 is 2.56 bits per heavy atom. The van der Waals surface area contributed by atoms with Gasteiger partial charge in [0.1, 0.15) is 0 Å². The number of hydrogen-bond acceptors (Lipinski definition) is 2. The monoisotopic (exact) mass is 331 g/mol. The number of sulfonamides is 1. The van der Waals surface area contributed by atoms with Crippen molar-refractivity contribution in [1.82, 2.24) is 4.72 Å². The molecule has 0 aromatic heterocycles. The second-order valence-electron chi connectivity index (χ2n) is 4.94. The molecule has 1 aliphatic rings. The number of rotatable bonds is 3. The maximum Gasteiger partial charge on any atom is 0.241 e. The number of hydrogen-bond donors (Lipinski definition) is 1. The van der Waals surface area contributed by atoms with Crippen LogP contribution in [0.3, 0.4) is 0 Å². The molecule has 0 heterocycles. The largest absolute Gasteiger partial charge is 0.241 e. The van der Waals surface area contributed by atoms with Gasteiger partial charge in [-0.25, -0.2) is 13.1 Å². The summed E-state index contributed by atoms with van der Waals surface area (Å²) in [6.07, 6.45) is 3.00. The highest BCUT2D eigenvalue weighted by molar-refractivity contribution is 9.09. The van der Waals surface area contributed by atoms with Gasteiger partial charge in [0, 0.05) is 10.9 Å². The van der Waals surface area contributed by atoms with Crippen molar-refractivity contribution >= 4 is 26.0 Å². The molecule has 2 atom stereocenters. The molecule has 2 rings (SSSR count). The van der Waals surface area contributed by atoms with Gasteiger partial charge in [-0.1, -0.05) is 40.0 Å². The van der Waals surface area contributed by atoms with E-state index in [4.69, 9.17) is 0 Å². The van der Waals surface area contributed by atoms with Gasteiger partial charge in [0.25, 0.3) is 0 Å². The first-order valence-electron chi connectivity index (χ1n) is 6.14. The number of benzene rings is 1. The predicted molar refractivity (Wildman–Crippen MR) is 76.6 cm³/mol. The second kappa shape index (κ2) is 5.31. The molecule has 0 amide bonds. The SMILES string of the molecule is Cc1ccc(S(=O)(=O)NC2CCCC2Br)c(C)c1. The molecule has 0 spiro atoms. The first kappa shape index (κ1) is 14.0. The van der Waals surface area contributed by atoms with E-state index in [2.05, 4.69) is 20.7 Å². The molecular formula is C13H18BrNO2S. The number of alkyl halides is 1. The van der Waals surface area contributed by atoms with Gasteiger partial charge in [0.15, 0.2) is 0 Å². The van der Waals surface area contributed by atoms with Gasteiger partial charge in [-0.15, -0.1) is 0 Å². The first-order chi connectivity index (χ1) is 8.40. The highest BCUT2D eigenvalue weighted by atomic mass is 79.9. The second-order valence-corrected chi connectivity index (χ2v) is 7.80. The fraction of sp³-hybridized carbons (Fsp3) is 0.538. The predicted octanol–water partition coefficient (Wildman–Crippen LogP) is 2.90. The van der Waals surface area contributed by atoms with E-state index in [0.717, 1.165) is 30.4 Å². The zero-order valence-electron chi connectivity index (χ0n) is 10.6. The van der Waals surface area contributed by atoms with Crippen LogP contribution in [0.5, 0.6) is 0 Å². The maximum absolute atomic E-state index is 12.3. The molecule has 0 radical (unpaired) electrons. The third kappa shape index (κ3) is 2.95. The lowest BCUT2D eigenvalue weighted by molar-refractivity contribution is 0.556. The van der Waals surface area contributed by atoms with Crippen LogP contribution >= 0.6 is 15.9 Å². The average Bonchev–Trinajstić information content (AvgIpc) is 2.63. The Morgan fingerprint density at radius 2 is 2.00 bits per heavy atom. The van der Waals surface area contributed by atoms with Crippen LogP contribution in [0.1, 0.15) is 30.4 Å². The molecule has 100 valence electrons. The molecule has 3 nitrogen and oxygen atoms in total. The van der Waals surface area contributed by atoms with Crippen molar-refractivity contribution < 1.29 is 8.42 Å². The van der Waals surface area contributed by atoms with Crippen LogP contribution < -0.4 is 4.72 Å². The summed E-state index contributed by atoms with van der Waals surface area (Å²) in [5, 5.41) is 0. The summed E-state index contributed by atoms with van der Waals surface area (Å²) < 4.78 is 27.5. The van der Waals surface area contributed by atoms with Crippen LogP contribution in [0.25, 0.3) is 0 Å². The van der Waals surface area contributed by atoms with E-state index in [1.165, 1.54) is 0 Å². The van der Waals surface area contributed by atoms with Gasteiger partial charge in [-0.3, -0.25) is 0 Å². The van der Waals surface area contributed by atoms with Gasteiger partial charge in [-0.2, -0.15) is 0 Å². The number of halogens is 1. The Morgan fingerprint density at radius 1 is 1.28 bits per heavy atom. The summed E-state index contributed by atoms with van der Waals surface area (Å²) in [6.45, 7) is 3.80. The zero-order chi connectivity index (χ0) is 13.3. The lowest BCUT2D eigenvalue weighted by Crippen LogP contribution is -2.37. The molecular weight excluding hydrogens is 314 g/mol. The molecule has 0 aliphatic heterocycles. The smallest absolute Gasteiger partial charge is 0.207 e. The summed E-state index contributed by atoms with van der Waals surface area (Å²) in [6, 6.07) is 5.43. The van der Waals surface area contributed by atoms with E-state index in [1.807, 2.05) is 26.0 Å². The van der Waals surface area contributed by atoms with Crippen molar-refractivity contribution in [3.05, 3.63) is 29.3 Å². The van der Waals surface area contributed by atoms with Crippen molar-refractivity contribution in [1.29, 1.82) is 0 Å². The van der Waals surface area contributed by atoms with Crippen LogP contribution in [0.15, 0.2) is 23.1 Å². The Hall–Kier alpha value is -0.390. The van der Waals surface area contributed by atoms with Gasteiger partial charge >= 0.3 is 0 Å². The molecule has 1 aromatic carbocycles. The Balaban J connectivity index is 2.25. The van der Waals surface area contributed by atoms with Crippen LogP contribution in [0, 0.1) is 13.8 Å². The molecule has 1 saturated carbocycles. The van der Waals surface area contributed by atoms with E-state index in [0.29, 0.717) is 4.90 Å². The molecule has 5 heteroatoms. The standard InChI is InChI=1S/C13H18BrNO2S/c1-9-6-7-13(10(2)8-9)18(16,17)15-12-5-3-4-11(12)14/h6-8,11-12,15H,3-5H2,1-2H3. The zero-order valence-corrected chi connectivity index (χ0v) is 13.0. The van der Waals surface area contributed by atoms with E-state index < -0.39 is 10.0 Å². The summed E-state index contributed by atoms with van der Waals surface area (Å²) in [4.78, 5) is 0.637. The molecule has 1 N–H and O–H groups in total. The van der Waals surface area contributed by atoms with Gasteiger partial charge in [0.05, 0.1) is 4.90 Å². The Labute approximate surface area is 117 Å². The van der Waals surface area contributed by atoms with Crippen LogP contribution in [0.2, 0.25) is 0 Å². The summed E-state index contributed by atoms with van der Waals surface area (Å²) >= 11 is 3.53.